The Labute approximate surface area is 96.4 Å². The van der Waals surface area contributed by atoms with Gasteiger partial charge in [0.1, 0.15) is 0 Å². The number of ether oxygens (including phenoxy) is 2. The number of hydrogen-bond donors (Lipinski definition) is 1. The molecule has 15 heavy (non-hydrogen) atoms. The molecule has 0 bridgehead atoms. The van der Waals surface area contributed by atoms with Gasteiger partial charge in [-0.05, 0) is 17.7 Å². The highest BCUT2D eigenvalue weighted by Crippen LogP contribution is 2.35. The smallest absolute Gasteiger partial charge is 0.162 e. The van der Waals surface area contributed by atoms with Gasteiger partial charge in [0.05, 0.1) is 19.8 Å². The molecular formula is C10H12BrNO3. The van der Waals surface area contributed by atoms with Crippen LogP contribution in [0.3, 0.4) is 0 Å². The highest BCUT2D eigenvalue weighted by molar-refractivity contribution is 9.10. The van der Waals surface area contributed by atoms with Gasteiger partial charge in [-0.2, -0.15) is 0 Å². The summed E-state index contributed by atoms with van der Waals surface area (Å²) in [6.07, 6.45) is 0.898. The lowest BCUT2D eigenvalue weighted by molar-refractivity contribution is 0.123. The maximum atomic E-state index is 5.55. The lowest BCUT2D eigenvalue weighted by Gasteiger charge is -2.10. The van der Waals surface area contributed by atoms with Gasteiger partial charge < -0.3 is 9.47 Å². The number of halogens is 1. The van der Waals surface area contributed by atoms with Crippen molar-refractivity contribution in [2.24, 2.45) is 5.90 Å². The SMILES string of the molecule is NOCc1cc2c(cc1Br)OCCCO2. The highest BCUT2D eigenvalue weighted by atomic mass is 79.9. The second-order valence-corrected chi connectivity index (χ2v) is 4.11. The molecule has 0 saturated carbocycles. The van der Waals surface area contributed by atoms with Crippen LogP contribution in [0.5, 0.6) is 11.5 Å². The molecule has 0 fully saturated rings. The Bertz CT molecular complexity index is 357. The molecular weight excluding hydrogens is 262 g/mol. The Morgan fingerprint density at radius 2 is 1.93 bits per heavy atom. The summed E-state index contributed by atoms with van der Waals surface area (Å²) in [7, 11) is 0. The van der Waals surface area contributed by atoms with Gasteiger partial charge in [-0.15, -0.1) is 0 Å². The molecule has 0 aliphatic carbocycles. The average molecular weight is 274 g/mol. The third-order valence-corrected chi connectivity index (χ3v) is 2.89. The third kappa shape index (κ3) is 2.42. The second kappa shape index (κ2) is 4.83. The van der Waals surface area contributed by atoms with Crippen LogP contribution in [0.2, 0.25) is 0 Å². The van der Waals surface area contributed by atoms with Crippen LogP contribution in [0.25, 0.3) is 0 Å². The summed E-state index contributed by atoms with van der Waals surface area (Å²) in [5.41, 5.74) is 0.946. The molecule has 0 amide bonds. The lowest BCUT2D eigenvalue weighted by Crippen LogP contribution is -2.01. The van der Waals surface area contributed by atoms with Crippen molar-refractivity contribution in [2.75, 3.05) is 13.2 Å². The first-order valence-corrected chi connectivity index (χ1v) is 5.50. The number of nitrogens with two attached hydrogens (primary N) is 1. The molecule has 1 aliphatic rings. The molecule has 1 aromatic carbocycles. The zero-order chi connectivity index (χ0) is 10.7. The topological polar surface area (TPSA) is 53.7 Å². The zero-order valence-corrected chi connectivity index (χ0v) is 9.75. The first-order chi connectivity index (χ1) is 7.31. The van der Waals surface area contributed by atoms with E-state index in [0.29, 0.717) is 19.8 Å². The molecule has 1 heterocycles. The zero-order valence-electron chi connectivity index (χ0n) is 8.16. The quantitative estimate of drug-likeness (QED) is 0.838. The summed E-state index contributed by atoms with van der Waals surface area (Å²) < 4.78 is 12.0. The van der Waals surface area contributed by atoms with Crippen LogP contribution >= 0.6 is 15.9 Å². The van der Waals surface area contributed by atoms with Gasteiger partial charge in [-0.1, -0.05) is 15.9 Å². The van der Waals surface area contributed by atoms with Crippen LogP contribution in [0.1, 0.15) is 12.0 Å². The normalized spacial score (nSPS) is 14.8. The fraction of sp³-hybridized carbons (Fsp3) is 0.400. The van der Waals surface area contributed by atoms with Crippen LogP contribution in [-0.4, -0.2) is 13.2 Å². The minimum atomic E-state index is 0.344. The van der Waals surface area contributed by atoms with Crippen molar-refractivity contribution in [3.05, 3.63) is 22.2 Å². The Hall–Kier alpha value is -0.780. The van der Waals surface area contributed by atoms with Crippen molar-refractivity contribution in [2.45, 2.75) is 13.0 Å². The summed E-state index contributed by atoms with van der Waals surface area (Å²) in [6, 6.07) is 3.77. The average Bonchev–Trinajstić information content (AvgIpc) is 2.44. The fourth-order valence-electron chi connectivity index (χ4n) is 1.43. The maximum Gasteiger partial charge on any atom is 0.162 e. The van der Waals surface area contributed by atoms with Gasteiger partial charge in [-0.25, -0.2) is 5.90 Å². The van der Waals surface area contributed by atoms with Crippen molar-refractivity contribution in [1.82, 2.24) is 0 Å². The standard InChI is InChI=1S/C10H12BrNO3/c11-8-5-10-9(4-7(8)6-15-12)13-2-1-3-14-10/h4-5H,1-3,6,12H2. The summed E-state index contributed by atoms with van der Waals surface area (Å²) in [6.45, 7) is 1.71. The van der Waals surface area contributed by atoms with Crippen molar-refractivity contribution >= 4 is 15.9 Å². The van der Waals surface area contributed by atoms with Crippen LogP contribution in [0.15, 0.2) is 16.6 Å². The summed E-state index contributed by atoms with van der Waals surface area (Å²) in [4.78, 5) is 4.60. The van der Waals surface area contributed by atoms with Gasteiger partial charge in [-0.3, -0.25) is 4.84 Å². The Balaban J connectivity index is 2.33. The van der Waals surface area contributed by atoms with E-state index in [0.717, 1.165) is 28.0 Å². The molecule has 82 valence electrons. The molecule has 1 aromatic rings. The molecule has 0 atom stereocenters. The first kappa shape index (κ1) is 10.7. The van der Waals surface area contributed by atoms with E-state index in [-0.39, 0.29) is 0 Å². The molecule has 0 radical (unpaired) electrons. The summed E-state index contributed by atoms with van der Waals surface area (Å²) in [5, 5.41) is 0. The number of rotatable bonds is 2. The molecule has 0 saturated heterocycles. The first-order valence-electron chi connectivity index (χ1n) is 4.71. The molecule has 0 spiro atoms. The minimum absolute atomic E-state index is 0.344. The van der Waals surface area contributed by atoms with Gasteiger partial charge in [0, 0.05) is 10.9 Å². The molecule has 4 nitrogen and oxygen atoms in total. The Morgan fingerprint density at radius 1 is 1.27 bits per heavy atom. The molecule has 2 rings (SSSR count). The van der Waals surface area contributed by atoms with Crippen LogP contribution < -0.4 is 15.4 Å². The number of benzene rings is 1. The predicted molar refractivity (Wildman–Crippen MR) is 58.7 cm³/mol. The molecule has 0 aromatic heterocycles. The maximum absolute atomic E-state index is 5.55. The predicted octanol–water partition coefficient (Wildman–Crippen LogP) is 2.00. The molecule has 0 unspecified atom stereocenters. The molecule has 5 heteroatoms. The van der Waals surface area contributed by atoms with Crippen molar-refractivity contribution in [3.63, 3.8) is 0 Å². The fourth-order valence-corrected chi connectivity index (χ4v) is 1.86. The van der Waals surface area contributed by atoms with Crippen molar-refractivity contribution in [3.8, 4) is 11.5 Å². The largest absolute Gasteiger partial charge is 0.490 e. The van der Waals surface area contributed by atoms with Gasteiger partial charge in [0.15, 0.2) is 11.5 Å². The van der Waals surface area contributed by atoms with E-state index in [4.69, 9.17) is 15.4 Å². The van der Waals surface area contributed by atoms with Gasteiger partial charge in [0.2, 0.25) is 0 Å². The van der Waals surface area contributed by atoms with Crippen LogP contribution in [-0.2, 0) is 11.4 Å². The molecule has 2 N–H and O–H groups in total. The summed E-state index contributed by atoms with van der Waals surface area (Å²) >= 11 is 3.43. The van der Waals surface area contributed by atoms with Gasteiger partial charge >= 0.3 is 0 Å². The van der Waals surface area contributed by atoms with E-state index < -0.39 is 0 Å². The van der Waals surface area contributed by atoms with E-state index in [1.165, 1.54) is 0 Å². The Kier molecular flexibility index (Phi) is 3.45. The minimum Gasteiger partial charge on any atom is -0.490 e. The van der Waals surface area contributed by atoms with Crippen molar-refractivity contribution < 1.29 is 14.3 Å². The van der Waals surface area contributed by atoms with Gasteiger partial charge in [0.25, 0.3) is 0 Å². The number of fused-ring (bicyclic) bond motifs is 1. The number of hydrogen-bond acceptors (Lipinski definition) is 4. The molecule has 1 aliphatic heterocycles. The monoisotopic (exact) mass is 273 g/mol. The second-order valence-electron chi connectivity index (χ2n) is 3.25. The van der Waals surface area contributed by atoms with E-state index in [2.05, 4.69) is 20.8 Å². The van der Waals surface area contributed by atoms with Crippen LogP contribution in [0.4, 0.5) is 0 Å². The third-order valence-electron chi connectivity index (χ3n) is 2.16. The van der Waals surface area contributed by atoms with Crippen molar-refractivity contribution in [1.29, 1.82) is 0 Å². The summed E-state index contributed by atoms with van der Waals surface area (Å²) in [5.74, 6) is 6.56. The Morgan fingerprint density at radius 3 is 2.60 bits per heavy atom. The lowest BCUT2D eigenvalue weighted by atomic mass is 10.2. The van der Waals surface area contributed by atoms with E-state index >= 15 is 0 Å². The van der Waals surface area contributed by atoms with E-state index in [1.807, 2.05) is 12.1 Å². The van der Waals surface area contributed by atoms with Crippen LogP contribution in [0, 0.1) is 0 Å². The highest BCUT2D eigenvalue weighted by Gasteiger charge is 2.13. The van der Waals surface area contributed by atoms with E-state index in [9.17, 15) is 0 Å². The van der Waals surface area contributed by atoms with E-state index in [1.54, 1.807) is 0 Å².